The average Bonchev–Trinajstić information content (AvgIpc) is 2.82. The van der Waals surface area contributed by atoms with Crippen molar-refractivity contribution >= 4 is 27.5 Å². The van der Waals surface area contributed by atoms with Crippen LogP contribution in [0.25, 0.3) is 0 Å². The maximum atomic E-state index is 5.96. The molecule has 94 valence electrons. The van der Waals surface area contributed by atoms with Crippen molar-refractivity contribution in [1.82, 2.24) is 5.32 Å². The first-order valence-electron chi connectivity index (χ1n) is 6.40. The topological polar surface area (TPSA) is 12.0 Å². The van der Waals surface area contributed by atoms with E-state index in [1.807, 2.05) is 6.07 Å². The Bertz CT molecular complexity index is 361. The van der Waals surface area contributed by atoms with Crippen molar-refractivity contribution in [2.75, 3.05) is 6.54 Å². The van der Waals surface area contributed by atoms with E-state index in [9.17, 15) is 0 Å². The fourth-order valence-electron chi connectivity index (χ4n) is 2.49. The summed E-state index contributed by atoms with van der Waals surface area (Å²) in [6, 6.07) is 6.11. The van der Waals surface area contributed by atoms with Gasteiger partial charge in [-0.3, -0.25) is 0 Å². The van der Waals surface area contributed by atoms with E-state index in [0.29, 0.717) is 0 Å². The molecule has 0 aromatic heterocycles. The molecule has 1 aromatic rings. The smallest absolute Gasteiger partial charge is 0.0548 e. The Morgan fingerprint density at radius 1 is 1.29 bits per heavy atom. The Labute approximate surface area is 117 Å². The summed E-state index contributed by atoms with van der Waals surface area (Å²) >= 11 is 9.41. The van der Waals surface area contributed by atoms with Gasteiger partial charge in [0.2, 0.25) is 0 Å². The maximum absolute atomic E-state index is 5.96. The van der Waals surface area contributed by atoms with Crippen LogP contribution >= 0.6 is 27.5 Å². The maximum Gasteiger partial charge on any atom is 0.0548 e. The van der Waals surface area contributed by atoms with Crippen LogP contribution in [-0.4, -0.2) is 6.54 Å². The van der Waals surface area contributed by atoms with Gasteiger partial charge in [-0.2, -0.15) is 0 Å². The van der Waals surface area contributed by atoms with E-state index in [4.69, 9.17) is 11.6 Å². The second kappa shape index (κ2) is 6.77. The highest BCUT2D eigenvalue weighted by atomic mass is 79.9. The van der Waals surface area contributed by atoms with E-state index < -0.39 is 0 Å². The summed E-state index contributed by atoms with van der Waals surface area (Å²) in [7, 11) is 0. The molecule has 0 unspecified atom stereocenters. The zero-order valence-electron chi connectivity index (χ0n) is 10.0. The molecule has 0 aliphatic heterocycles. The van der Waals surface area contributed by atoms with Gasteiger partial charge in [0, 0.05) is 11.0 Å². The molecule has 1 saturated carbocycles. The molecule has 1 N–H and O–H groups in total. The SMILES string of the molecule is Clc1ccc(CNCCC2CCCC2)cc1Br. The van der Waals surface area contributed by atoms with Gasteiger partial charge in [-0.25, -0.2) is 0 Å². The van der Waals surface area contributed by atoms with Crippen LogP contribution in [0, 0.1) is 5.92 Å². The molecule has 0 bridgehead atoms. The molecule has 1 fully saturated rings. The van der Waals surface area contributed by atoms with Crippen LogP contribution in [0.3, 0.4) is 0 Å². The van der Waals surface area contributed by atoms with Gasteiger partial charge in [-0.05, 0) is 52.5 Å². The zero-order valence-corrected chi connectivity index (χ0v) is 12.4. The highest BCUT2D eigenvalue weighted by Gasteiger charge is 2.13. The molecule has 1 aliphatic rings. The van der Waals surface area contributed by atoms with E-state index in [-0.39, 0.29) is 0 Å². The lowest BCUT2D eigenvalue weighted by atomic mass is 10.0. The molecule has 0 radical (unpaired) electrons. The van der Waals surface area contributed by atoms with Crippen molar-refractivity contribution < 1.29 is 0 Å². The second-order valence-corrected chi connectivity index (χ2v) is 6.13. The van der Waals surface area contributed by atoms with Gasteiger partial charge in [0.15, 0.2) is 0 Å². The van der Waals surface area contributed by atoms with Crippen molar-refractivity contribution in [3.8, 4) is 0 Å². The molecule has 3 heteroatoms. The normalized spacial score (nSPS) is 16.6. The van der Waals surface area contributed by atoms with Crippen LogP contribution in [0.1, 0.15) is 37.7 Å². The van der Waals surface area contributed by atoms with Gasteiger partial charge >= 0.3 is 0 Å². The summed E-state index contributed by atoms with van der Waals surface area (Å²) in [5.74, 6) is 0.972. The minimum absolute atomic E-state index is 0.778. The lowest BCUT2D eigenvalue weighted by Crippen LogP contribution is -2.17. The van der Waals surface area contributed by atoms with Gasteiger partial charge < -0.3 is 5.32 Å². The Morgan fingerprint density at radius 3 is 2.76 bits per heavy atom. The van der Waals surface area contributed by atoms with Crippen LogP contribution in [0.5, 0.6) is 0 Å². The quantitative estimate of drug-likeness (QED) is 0.771. The predicted molar refractivity (Wildman–Crippen MR) is 77.4 cm³/mol. The molecule has 1 aromatic carbocycles. The van der Waals surface area contributed by atoms with Gasteiger partial charge in [0.25, 0.3) is 0 Å². The molecule has 0 atom stereocenters. The Balaban J connectivity index is 1.68. The molecule has 2 rings (SSSR count). The number of rotatable bonds is 5. The van der Waals surface area contributed by atoms with Crippen molar-refractivity contribution in [2.24, 2.45) is 5.92 Å². The van der Waals surface area contributed by atoms with E-state index in [0.717, 1.165) is 28.5 Å². The molecule has 0 heterocycles. The standard InChI is InChI=1S/C14H19BrClN/c15-13-9-12(5-6-14(13)16)10-17-8-7-11-3-1-2-4-11/h5-6,9,11,17H,1-4,7-8,10H2. The van der Waals surface area contributed by atoms with Crippen LogP contribution < -0.4 is 5.32 Å². The number of nitrogens with one attached hydrogen (secondary N) is 1. The van der Waals surface area contributed by atoms with E-state index in [1.54, 1.807) is 0 Å². The molecular formula is C14H19BrClN. The monoisotopic (exact) mass is 315 g/mol. The summed E-state index contributed by atoms with van der Waals surface area (Å²) in [5, 5.41) is 4.29. The third kappa shape index (κ3) is 4.27. The largest absolute Gasteiger partial charge is 0.313 e. The van der Waals surface area contributed by atoms with Gasteiger partial charge in [-0.15, -0.1) is 0 Å². The summed E-state index contributed by atoms with van der Waals surface area (Å²) in [4.78, 5) is 0. The summed E-state index contributed by atoms with van der Waals surface area (Å²) in [6.45, 7) is 2.06. The summed E-state index contributed by atoms with van der Waals surface area (Å²) in [6.07, 6.45) is 7.08. The molecular weight excluding hydrogens is 298 g/mol. The third-order valence-electron chi connectivity index (χ3n) is 3.52. The molecule has 1 aliphatic carbocycles. The van der Waals surface area contributed by atoms with Crippen molar-refractivity contribution in [3.63, 3.8) is 0 Å². The van der Waals surface area contributed by atoms with Crippen LogP contribution in [0.15, 0.2) is 22.7 Å². The summed E-state index contributed by atoms with van der Waals surface area (Å²) < 4.78 is 0.981. The average molecular weight is 317 g/mol. The highest BCUT2D eigenvalue weighted by molar-refractivity contribution is 9.10. The third-order valence-corrected chi connectivity index (χ3v) is 4.73. The van der Waals surface area contributed by atoms with Gasteiger partial charge in [0.1, 0.15) is 0 Å². The number of hydrogen-bond donors (Lipinski definition) is 1. The Hall–Kier alpha value is -0.0500. The summed E-state index contributed by atoms with van der Waals surface area (Å²) in [5.41, 5.74) is 1.28. The zero-order chi connectivity index (χ0) is 12.1. The second-order valence-electron chi connectivity index (χ2n) is 4.86. The first-order valence-corrected chi connectivity index (χ1v) is 7.57. The van der Waals surface area contributed by atoms with E-state index >= 15 is 0 Å². The minimum Gasteiger partial charge on any atom is -0.313 e. The number of hydrogen-bond acceptors (Lipinski definition) is 1. The van der Waals surface area contributed by atoms with Crippen LogP contribution in [-0.2, 0) is 6.54 Å². The van der Waals surface area contributed by atoms with Gasteiger partial charge in [0.05, 0.1) is 5.02 Å². The highest BCUT2D eigenvalue weighted by Crippen LogP contribution is 2.27. The minimum atomic E-state index is 0.778. The Morgan fingerprint density at radius 2 is 2.06 bits per heavy atom. The Kier molecular flexibility index (Phi) is 5.33. The van der Waals surface area contributed by atoms with E-state index in [1.165, 1.54) is 37.7 Å². The van der Waals surface area contributed by atoms with Crippen LogP contribution in [0.2, 0.25) is 5.02 Å². The fourth-order valence-corrected chi connectivity index (χ4v) is 3.03. The number of halogens is 2. The number of benzene rings is 1. The first-order chi connectivity index (χ1) is 8.25. The lowest BCUT2D eigenvalue weighted by molar-refractivity contribution is 0.477. The van der Waals surface area contributed by atoms with Crippen LogP contribution in [0.4, 0.5) is 0 Å². The van der Waals surface area contributed by atoms with E-state index in [2.05, 4.69) is 33.4 Å². The molecule has 0 amide bonds. The van der Waals surface area contributed by atoms with Crippen molar-refractivity contribution in [1.29, 1.82) is 0 Å². The first kappa shape index (κ1) is 13.4. The molecule has 17 heavy (non-hydrogen) atoms. The molecule has 0 saturated heterocycles. The molecule has 0 spiro atoms. The van der Waals surface area contributed by atoms with Gasteiger partial charge in [-0.1, -0.05) is 43.4 Å². The predicted octanol–water partition coefficient (Wildman–Crippen LogP) is 4.77. The van der Waals surface area contributed by atoms with Crippen molar-refractivity contribution in [3.05, 3.63) is 33.3 Å². The van der Waals surface area contributed by atoms with Crippen molar-refractivity contribution in [2.45, 2.75) is 38.6 Å². The lowest BCUT2D eigenvalue weighted by Gasteiger charge is -2.10. The fraction of sp³-hybridized carbons (Fsp3) is 0.571. The molecule has 1 nitrogen and oxygen atoms in total.